The van der Waals surface area contributed by atoms with Crippen LogP contribution >= 0.6 is 0 Å². The Morgan fingerprint density at radius 2 is 0.900 bits per heavy atom. The molecular formula is C19H34O. The minimum Gasteiger partial charge on any atom is -0.381 e. The van der Waals surface area contributed by atoms with E-state index in [4.69, 9.17) is 4.74 Å². The first-order valence-electron chi connectivity index (χ1n) is 8.89. The summed E-state index contributed by atoms with van der Waals surface area (Å²) >= 11 is 0. The highest BCUT2D eigenvalue weighted by Gasteiger charge is 1.94. The van der Waals surface area contributed by atoms with Crippen LogP contribution in [0.5, 0.6) is 0 Å². The molecule has 1 rings (SSSR count). The molecule has 1 aliphatic heterocycles. The highest BCUT2D eigenvalue weighted by Crippen LogP contribution is 2.11. The summed E-state index contributed by atoms with van der Waals surface area (Å²) in [7, 11) is 0. The van der Waals surface area contributed by atoms with Crippen molar-refractivity contribution in [1.82, 2.24) is 0 Å². The van der Waals surface area contributed by atoms with Crippen LogP contribution in [0.2, 0.25) is 0 Å². The molecule has 20 heavy (non-hydrogen) atoms. The second-order valence-corrected chi connectivity index (χ2v) is 5.94. The summed E-state index contributed by atoms with van der Waals surface area (Å²) in [5.41, 5.74) is 0. The van der Waals surface area contributed by atoms with E-state index in [-0.39, 0.29) is 0 Å². The van der Waals surface area contributed by atoms with Crippen LogP contribution in [-0.2, 0) is 4.74 Å². The lowest BCUT2D eigenvalue weighted by molar-refractivity contribution is 0.128. The predicted octanol–water partition coefficient (Wildman–Crippen LogP) is 6.20. The van der Waals surface area contributed by atoms with Gasteiger partial charge in [0.2, 0.25) is 0 Å². The van der Waals surface area contributed by atoms with Crippen molar-refractivity contribution in [2.45, 2.75) is 83.5 Å². The Morgan fingerprint density at radius 1 is 0.450 bits per heavy atom. The second-order valence-electron chi connectivity index (χ2n) is 5.94. The molecule has 0 saturated heterocycles. The maximum absolute atomic E-state index is 5.66. The monoisotopic (exact) mass is 278 g/mol. The summed E-state index contributed by atoms with van der Waals surface area (Å²) < 4.78 is 5.66. The van der Waals surface area contributed by atoms with Crippen LogP contribution in [0.1, 0.15) is 83.5 Å². The number of allylic oxidation sites excluding steroid dienone is 4. The number of rotatable bonds is 0. The smallest absolute Gasteiger partial charge is 0.0468 e. The molecular weight excluding hydrogens is 244 g/mol. The van der Waals surface area contributed by atoms with Crippen LogP contribution in [0, 0.1) is 0 Å². The second kappa shape index (κ2) is 14.8. The summed E-state index contributed by atoms with van der Waals surface area (Å²) in [5.74, 6) is 0. The number of ether oxygens (including phenoxy) is 1. The summed E-state index contributed by atoms with van der Waals surface area (Å²) in [6.45, 7) is 1.89. The highest BCUT2D eigenvalue weighted by molar-refractivity contribution is 5.02. The molecule has 0 aromatic rings. The maximum atomic E-state index is 5.66. The normalized spacial score (nSPS) is 22.4. The summed E-state index contributed by atoms with van der Waals surface area (Å²) in [6, 6.07) is 0. The quantitative estimate of drug-likeness (QED) is 0.512. The van der Waals surface area contributed by atoms with E-state index < -0.39 is 0 Å². The Morgan fingerprint density at radius 3 is 1.55 bits per heavy atom. The molecule has 0 aliphatic carbocycles. The molecule has 1 nitrogen and oxygen atoms in total. The third-order valence-corrected chi connectivity index (χ3v) is 3.95. The van der Waals surface area contributed by atoms with Crippen molar-refractivity contribution in [3.8, 4) is 0 Å². The molecule has 0 radical (unpaired) electrons. The summed E-state index contributed by atoms with van der Waals surface area (Å²) in [4.78, 5) is 0. The van der Waals surface area contributed by atoms with Gasteiger partial charge in [-0.15, -0.1) is 0 Å². The van der Waals surface area contributed by atoms with Crippen LogP contribution in [0.3, 0.4) is 0 Å². The van der Waals surface area contributed by atoms with Gasteiger partial charge in [-0.25, -0.2) is 0 Å². The van der Waals surface area contributed by atoms with Gasteiger partial charge in [-0.3, -0.25) is 0 Å². The molecule has 1 heterocycles. The van der Waals surface area contributed by atoms with Gasteiger partial charge in [0, 0.05) is 13.2 Å². The number of hydrogen-bond donors (Lipinski definition) is 0. The third kappa shape index (κ3) is 12.5. The van der Waals surface area contributed by atoms with E-state index in [0.29, 0.717) is 0 Å². The lowest BCUT2D eigenvalue weighted by Gasteiger charge is -2.04. The van der Waals surface area contributed by atoms with Crippen molar-refractivity contribution in [3.63, 3.8) is 0 Å². The van der Waals surface area contributed by atoms with Crippen LogP contribution < -0.4 is 0 Å². The highest BCUT2D eigenvalue weighted by atomic mass is 16.5. The molecule has 0 bridgehead atoms. The number of hydrogen-bond acceptors (Lipinski definition) is 1. The van der Waals surface area contributed by atoms with Crippen molar-refractivity contribution in [2.75, 3.05) is 13.2 Å². The van der Waals surface area contributed by atoms with Gasteiger partial charge in [-0.1, -0.05) is 75.7 Å². The van der Waals surface area contributed by atoms with E-state index >= 15 is 0 Å². The molecule has 0 amide bonds. The van der Waals surface area contributed by atoms with Gasteiger partial charge in [-0.2, -0.15) is 0 Å². The predicted molar refractivity (Wildman–Crippen MR) is 89.1 cm³/mol. The zero-order valence-corrected chi connectivity index (χ0v) is 13.3. The fraction of sp³-hybridized carbons (Fsp3) is 0.789. The topological polar surface area (TPSA) is 9.23 Å². The summed E-state index contributed by atoms with van der Waals surface area (Å²) in [6.07, 6.45) is 26.4. The molecule has 0 aromatic heterocycles. The first kappa shape index (κ1) is 17.5. The minimum absolute atomic E-state index is 0.925. The molecule has 116 valence electrons. The molecule has 0 N–H and O–H groups in total. The zero-order valence-electron chi connectivity index (χ0n) is 13.3. The average molecular weight is 278 g/mol. The Kier molecular flexibility index (Phi) is 13.0. The first-order chi connectivity index (χ1) is 10.0. The van der Waals surface area contributed by atoms with Gasteiger partial charge >= 0.3 is 0 Å². The summed E-state index contributed by atoms with van der Waals surface area (Å²) in [5, 5.41) is 0. The van der Waals surface area contributed by atoms with Crippen molar-refractivity contribution < 1.29 is 4.74 Å². The Labute approximate surface area is 126 Å². The van der Waals surface area contributed by atoms with Crippen LogP contribution in [-0.4, -0.2) is 13.2 Å². The molecule has 1 heteroatoms. The molecule has 1 aliphatic rings. The van der Waals surface area contributed by atoms with E-state index in [2.05, 4.69) is 24.3 Å². The van der Waals surface area contributed by atoms with E-state index in [1.54, 1.807) is 0 Å². The van der Waals surface area contributed by atoms with Crippen LogP contribution in [0.15, 0.2) is 24.3 Å². The van der Waals surface area contributed by atoms with Gasteiger partial charge in [0.1, 0.15) is 0 Å². The molecule has 0 atom stereocenters. The largest absolute Gasteiger partial charge is 0.381 e. The zero-order chi connectivity index (χ0) is 14.1. The van der Waals surface area contributed by atoms with E-state index in [0.717, 1.165) is 26.1 Å². The van der Waals surface area contributed by atoms with Gasteiger partial charge in [-0.05, 0) is 32.1 Å². The Balaban J connectivity index is 2.12. The molecule has 0 saturated carbocycles. The standard InChI is InChI=1S/C19H34O/c1-2-4-6-8-10-12-14-16-18-20-19-17-15-13-11-9-7-5-3-1/h6,8,10,12H,1-5,7,9,11,13-19H2. The fourth-order valence-corrected chi connectivity index (χ4v) is 2.64. The molecule has 0 aromatic carbocycles. The molecule has 0 spiro atoms. The van der Waals surface area contributed by atoms with Crippen molar-refractivity contribution in [3.05, 3.63) is 24.3 Å². The Bertz CT molecular complexity index is 216. The fourth-order valence-electron chi connectivity index (χ4n) is 2.64. The minimum atomic E-state index is 0.925. The van der Waals surface area contributed by atoms with Crippen molar-refractivity contribution in [1.29, 1.82) is 0 Å². The lowest BCUT2D eigenvalue weighted by atomic mass is 10.1. The van der Waals surface area contributed by atoms with Crippen molar-refractivity contribution in [2.24, 2.45) is 0 Å². The maximum Gasteiger partial charge on any atom is 0.0468 e. The first-order valence-corrected chi connectivity index (χ1v) is 8.89. The lowest BCUT2D eigenvalue weighted by Crippen LogP contribution is -1.96. The van der Waals surface area contributed by atoms with Gasteiger partial charge in [0.05, 0.1) is 0 Å². The van der Waals surface area contributed by atoms with E-state index in [1.165, 1.54) is 70.6 Å². The van der Waals surface area contributed by atoms with Gasteiger partial charge in [0.25, 0.3) is 0 Å². The van der Waals surface area contributed by atoms with Crippen LogP contribution in [0.25, 0.3) is 0 Å². The third-order valence-electron chi connectivity index (χ3n) is 3.95. The Hall–Kier alpha value is -0.560. The van der Waals surface area contributed by atoms with Crippen molar-refractivity contribution >= 4 is 0 Å². The van der Waals surface area contributed by atoms with Gasteiger partial charge < -0.3 is 4.74 Å². The van der Waals surface area contributed by atoms with Crippen LogP contribution in [0.4, 0.5) is 0 Å². The molecule has 0 fully saturated rings. The van der Waals surface area contributed by atoms with Gasteiger partial charge in [0.15, 0.2) is 0 Å². The van der Waals surface area contributed by atoms with E-state index in [9.17, 15) is 0 Å². The average Bonchev–Trinajstić information content (AvgIpc) is 2.46. The van der Waals surface area contributed by atoms with E-state index in [1.807, 2.05) is 0 Å². The SMILES string of the molecule is C1=CCCCCCCCCCCCCOCCCC=C1. The molecule has 0 unspecified atom stereocenters.